The number of nitrogens with zero attached hydrogens (tertiary/aromatic N) is 5. The molecular formula is C44H41N5O+2. The highest BCUT2D eigenvalue weighted by atomic mass is 16.5. The predicted octanol–water partition coefficient (Wildman–Crippen LogP) is 11.1. The molecule has 4 aromatic carbocycles. The number of rotatable bonds is 5. The standard InChI is InChI=1S/C44H41N5O/c1-29-14-16-32(17-15-29)47-28-48(38-12-9-8-11-37(38)47)33-23-31(44(5,6)7)24-35(26-33)50-34-18-19-36-40(27-34)49(39-13-10-21-46-42(36)39)41-25-30(20-22-45-41)43(2,3)4/h8-27H,1-7H3/q+2/i1D3,8D,9D,11D,12D. The first-order chi connectivity index (χ1) is 26.8. The Morgan fingerprint density at radius 1 is 0.700 bits per heavy atom. The molecule has 0 fully saturated rings. The Balaban J connectivity index is 1.30. The van der Waals surface area contributed by atoms with Gasteiger partial charge in [0.05, 0.1) is 28.1 Å². The molecule has 0 saturated carbocycles. The molecule has 1 aliphatic heterocycles. The van der Waals surface area contributed by atoms with E-state index in [0.29, 0.717) is 22.9 Å². The van der Waals surface area contributed by atoms with E-state index in [-0.39, 0.29) is 51.9 Å². The van der Waals surface area contributed by atoms with E-state index in [1.165, 1.54) is 12.1 Å². The van der Waals surface area contributed by atoms with Crippen LogP contribution in [0.3, 0.4) is 0 Å². The summed E-state index contributed by atoms with van der Waals surface area (Å²) >= 11 is 0. The summed E-state index contributed by atoms with van der Waals surface area (Å²) in [5.74, 6) is 1.85. The molecule has 1 aliphatic rings. The molecule has 0 radical (unpaired) electrons. The lowest BCUT2D eigenvalue weighted by atomic mass is 9.86. The lowest BCUT2D eigenvalue weighted by molar-refractivity contribution is 0.479. The molecular weight excluding hydrogens is 615 g/mol. The smallest absolute Gasteiger partial charge is 0.457 e. The monoisotopic (exact) mass is 662 g/mol. The van der Waals surface area contributed by atoms with Crippen molar-refractivity contribution in [2.75, 3.05) is 0 Å². The highest BCUT2D eigenvalue weighted by Crippen LogP contribution is 2.40. The molecule has 0 atom stereocenters. The Morgan fingerprint density at radius 3 is 2.16 bits per heavy atom. The second kappa shape index (κ2) is 11.6. The molecule has 50 heavy (non-hydrogen) atoms. The van der Waals surface area contributed by atoms with Gasteiger partial charge in [-0.25, -0.2) is 4.98 Å². The van der Waals surface area contributed by atoms with Gasteiger partial charge in [0.15, 0.2) is 0 Å². The molecule has 4 heterocycles. The lowest BCUT2D eigenvalue weighted by Gasteiger charge is -2.20. The zero-order valence-corrected chi connectivity index (χ0v) is 28.9. The molecule has 0 unspecified atom stereocenters. The maximum absolute atomic E-state index is 9.02. The van der Waals surface area contributed by atoms with Crippen LogP contribution in [0.15, 0.2) is 121 Å². The third-order valence-corrected chi connectivity index (χ3v) is 9.01. The van der Waals surface area contributed by atoms with Crippen LogP contribution >= 0.6 is 0 Å². The largest absolute Gasteiger partial charge is 0.503 e. The minimum atomic E-state index is -2.31. The number of para-hydroxylation sites is 2. The van der Waals surface area contributed by atoms with E-state index in [1.54, 1.807) is 27.5 Å². The third-order valence-electron chi connectivity index (χ3n) is 9.01. The Hall–Kier alpha value is -5.84. The van der Waals surface area contributed by atoms with Gasteiger partial charge in [-0.1, -0.05) is 71.3 Å². The molecule has 0 bridgehead atoms. The summed E-state index contributed by atoms with van der Waals surface area (Å²) in [7, 11) is 0. The Kier molecular flexibility index (Phi) is 5.66. The summed E-state index contributed by atoms with van der Waals surface area (Å²) in [6.45, 7) is 10.5. The fourth-order valence-electron chi connectivity index (χ4n) is 6.28. The molecule has 246 valence electrons. The van der Waals surface area contributed by atoms with Gasteiger partial charge in [0.25, 0.3) is 11.4 Å². The molecule has 3 aromatic heterocycles. The van der Waals surface area contributed by atoms with Gasteiger partial charge in [-0.15, -0.1) is 0 Å². The Morgan fingerprint density at radius 2 is 1.44 bits per heavy atom. The average Bonchev–Trinajstić information content (AvgIpc) is 3.72. The van der Waals surface area contributed by atoms with E-state index >= 15 is 0 Å². The number of benzene rings is 4. The van der Waals surface area contributed by atoms with E-state index in [1.807, 2.05) is 60.8 Å². The molecule has 0 N–H and O–H groups in total. The van der Waals surface area contributed by atoms with Crippen molar-refractivity contribution in [2.45, 2.75) is 59.2 Å². The van der Waals surface area contributed by atoms with E-state index in [0.717, 1.165) is 38.9 Å². The van der Waals surface area contributed by atoms with Crippen molar-refractivity contribution in [3.63, 3.8) is 0 Å². The average molecular weight is 663 g/mol. The number of aromatic nitrogens is 3. The maximum Gasteiger partial charge on any atom is 0.503 e. The van der Waals surface area contributed by atoms with Crippen molar-refractivity contribution in [2.24, 2.45) is 0 Å². The maximum atomic E-state index is 9.02. The van der Waals surface area contributed by atoms with Gasteiger partial charge in [0.2, 0.25) is 11.4 Å². The van der Waals surface area contributed by atoms with Crippen molar-refractivity contribution in [3.8, 4) is 17.3 Å². The van der Waals surface area contributed by atoms with Gasteiger partial charge in [-0.3, -0.25) is 9.55 Å². The van der Waals surface area contributed by atoms with Crippen molar-refractivity contribution >= 4 is 50.7 Å². The molecule has 0 saturated heterocycles. The fraction of sp³-hybridized carbons (Fsp3) is 0.205. The Bertz CT molecular complexity index is 2860. The number of pyridine rings is 2. The van der Waals surface area contributed by atoms with Gasteiger partial charge in [0.1, 0.15) is 17.3 Å². The van der Waals surface area contributed by atoms with Gasteiger partial charge < -0.3 is 4.74 Å². The van der Waals surface area contributed by atoms with Crippen LogP contribution in [0.2, 0.25) is 0 Å². The van der Waals surface area contributed by atoms with Crippen LogP contribution in [-0.4, -0.2) is 20.5 Å². The molecule has 6 heteroatoms. The number of aryl methyl sites for hydroxylation is 1. The van der Waals surface area contributed by atoms with Crippen LogP contribution in [0.5, 0.6) is 11.5 Å². The highest BCUT2D eigenvalue weighted by Gasteiger charge is 2.37. The quantitative estimate of drug-likeness (QED) is 0.172. The summed E-state index contributed by atoms with van der Waals surface area (Å²) in [4.78, 5) is 9.53. The van der Waals surface area contributed by atoms with Crippen LogP contribution in [0, 0.1) is 6.85 Å². The summed E-state index contributed by atoms with van der Waals surface area (Å²) < 4.78 is 70.4. The van der Waals surface area contributed by atoms with E-state index < -0.39 is 6.85 Å². The van der Waals surface area contributed by atoms with Crippen molar-refractivity contribution in [1.82, 2.24) is 23.7 Å². The number of fused-ring (bicyclic) bond motifs is 4. The minimum Gasteiger partial charge on any atom is -0.457 e. The molecule has 7 aromatic rings. The molecule has 6 nitrogen and oxygen atoms in total. The van der Waals surface area contributed by atoms with Gasteiger partial charge in [-0.05, 0) is 80.4 Å². The van der Waals surface area contributed by atoms with Crippen molar-refractivity contribution in [3.05, 3.63) is 138 Å². The predicted molar refractivity (Wildman–Crippen MR) is 206 cm³/mol. The molecule has 0 spiro atoms. The van der Waals surface area contributed by atoms with E-state index in [9.17, 15) is 0 Å². The van der Waals surface area contributed by atoms with E-state index in [2.05, 4.69) is 58.2 Å². The van der Waals surface area contributed by atoms with Crippen molar-refractivity contribution in [1.29, 1.82) is 0 Å². The summed E-state index contributed by atoms with van der Waals surface area (Å²) in [5.41, 5.74) is 5.89. The van der Waals surface area contributed by atoms with Gasteiger partial charge in [0, 0.05) is 58.2 Å². The van der Waals surface area contributed by atoms with E-state index in [4.69, 9.17) is 24.3 Å². The zero-order valence-electron chi connectivity index (χ0n) is 35.9. The lowest BCUT2D eigenvalue weighted by Crippen LogP contribution is -2.12. The number of ether oxygens (including phenoxy) is 1. The van der Waals surface area contributed by atoms with Crippen LogP contribution in [-0.2, 0) is 10.8 Å². The molecule has 0 aliphatic carbocycles. The fourth-order valence-corrected chi connectivity index (χ4v) is 6.28. The first kappa shape index (κ1) is 24.3. The topological polar surface area (TPSA) is 46.0 Å². The second-order valence-corrected chi connectivity index (χ2v) is 14.6. The molecule has 0 amide bonds. The van der Waals surface area contributed by atoms with Crippen LogP contribution in [0.25, 0.3) is 27.8 Å². The SMILES string of the molecule is [2H]c1c([2H])c([2H])c2c(c1[2H])[N+](c1ccc(C([2H])([2H])[2H])cc1)=C=[N+]2c1cc(Oc2ccc3c4ncccc4n(-c4cc(C(C)(C)C)ccn4)c3c2)cc(C(C)(C)C)c1. The van der Waals surface area contributed by atoms with Gasteiger partial charge in [-0.2, -0.15) is 0 Å². The zero-order chi connectivity index (χ0) is 40.8. The van der Waals surface area contributed by atoms with Crippen LogP contribution in [0.1, 0.15) is 67.8 Å². The van der Waals surface area contributed by atoms with Crippen molar-refractivity contribution < 1.29 is 14.3 Å². The van der Waals surface area contributed by atoms with Crippen LogP contribution in [0.4, 0.5) is 22.7 Å². The minimum absolute atomic E-state index is 0.0838. The van der Waals surface area contributed by atoms with Crippen LogP contribution < -0.4 is 13.9 Å². The summed E-state index contributed by atoms with van der Waals surface area (Å²) in [6, 6.07) is 28.0. The number of hydrogen-bond donors (Lipinski definition) is 0. The van der Waals surface area contributed by atoms with Gasteiger partial charge >= 0.3 is 6.01 Å². The highest BCUT2D eigenvalue weighted by molar-refractivity contribution is 6.07. The first-order valence-corrected chi connectivity index (χ1v) is 16.6. The summed E-state index contributed by atoms with van der Waals surface area (Å²) in [5, 5.41) is 0.948. The first-order valence-electron chi connectivity index (χ1n) is 20.1. The third kappa shape index (κ3) is 5.58. The number of hydrogen-bond acceptors (Lipinski definition) is 3. The second-order valence-electron chi connectivity index (χ2n) is 14.6. The Labute approximate surface area is 303 Å². The molecule has 8 rings (SSSR count). The normalized spacial score (nSPS) is 15.3. The summed E-state index contributed by atoms with van der Waals surface area (Å²) in [6.07, 6.45) is 3.62.